The smallest absolute Gasteiger partial charge is 0.00145 e. The van der Waals surface area contributed by atoms with Crippen molar-refractivity contribution in [2.45, 2.75) is 19.3 Å². The Morgan fingerprint density at radius 2 is 1.93 bits per heavy atom. The highest BCUT2D eigenvalue weighted by Gasteiger charge is 2.38. The van der Waals surface area contributed by atoms with Gasteiger partial charge in [-0.25, -0.2) is 0 Å². The summed E-state index contributed by atoms with van der Waals surface area (Å²) >= 11 is 0. The summed E-state index contributed by atoms with van der Waals surface area (Å²) in [6, 6.07) is 11.0. The first-order valence-electron chi connectivity index (χ1n) is 6.18. The Morgan fingerprint density at radius 1 is 1.07 bits per heavy atom. The Balaban J connectivity index is 1.69. The maximum absolute atomic E-state index is 3.54. The van der Waals surface area contributed by atoms with Gasteiger partial charge in [0.05, 0.1) is 0 Å². The lowest BCUT2D eigenvalue weighted by atomic mass is 9.87. The SMILES string of the molecule is c1ccc(C[C@H]2CC[C@@H]3CNC[C@@H]32)cc1. The standard InChI is InChI=1S/C14H19N/c1-2-4-11(5-3-1)8-12-6-7-13-9-15-10-14(12)13/h1-5,12-15H,6-10H2/t12-,13-,14-/m1/s1. The maximum Gasteiger partial charge on any atom is -0.00145 e. The van der Waals surface area contributed by atoms with Crippen molar-refractivity contribution in [2.75, 3.05) is 13.1 Å². The Bertz CT molecular complexity index is 319. The van der Waals surface area contributed by atoms with Crippen molar-refractivity contribution in [2.24, 2.45) is 17.8 Å². The molecule has 1 saturated carbocycles. The molecule has 1 aliphatic carbocycles. The predicted molar refractivity (Wildman–Crippen MR) is 62.7 cm³/mol. The number of benzene rings is 1. The second kappa shape index (κ2) is 3.97. The molecule has 1 heteroatoms. The second-order valence-electron chi connectivity index (χ2n) is 5.11. The molecule has 0 amide bonds. The number of nitrogens with one attached hydrogen (secondary N) is 1. The molecule has 1 aromatic rings. The summed E-state index contributed by atoms with van der Waals surface area (Å²) in [6.45, 7) is 2.54. The zero-order chi connectivity index (χ0) is 10.1. The van der Waals surface area contributed by atoms with E-state index < -0.39 is 0 Å². The topological polar surface area (TPSA) is 12.0 Å². The van der Waals surface area contributed by atoms with Crippen molar-refractivity contribution >= 4 is 0 Å². The second-order valence-corrected chi connectivity index (χ2v) is 5.11. The van der Waals surface area contributed by atoms with Crippen molar-refractivity contribution in [1.29, 1.82) is 0 Å². The van der Waals surface area contributed by atoms with Gasteiger partial charge in [0, 0.05) is 0 Å². The Hall–Kier alpha value is -0.820. The zero-order valence-corrected chi connectivity index (χ0v) is 9.15. The van der Waals surface area contributed by atoms with Gasteiger partial charge in [0.15, 0.2) is 0 Å². The van der Waals surface area contributed by atoms with Gasteiger partial charge < -0.3 is 5.32 Å². The van der Waals surface area contributed by atoms with Gasteiger partial charge in [-0.3, -0.25) is 0 Å². The van der Waals surface area contributed by atoms with Crippen molar-refractivity contribution in [3.8, 4) is 0 Å². The minimum atomic E-state index is 0.937. The summed E-state index contributed by atoms with van der Waals surface area (Å²) < 4.78 is 0. The van der Waals surface area contributed by atoms with Gasteiger partial charge in [0.2, 0.25) is 0 Å². The summed E-state index contributed by atoms with van der Waals surface area (Å²) in [4.78, 5) is 0. The van der Waals surface area contributed by atoms with E-state index in [2.05, 4.69) is 35.6 Å². The van der Waals surface area contributed by atoms with Crippen molar-refractivity contribution in [3.05, 3.63) is 35.9 Å². The fourth-order valence-electron chi connectivity index (χ4n) is 3.43. The highest BCUT2D eigenvalue weighted by molar-refractivity contribution is 5.16. The molecule has 1 aliphatic heterocycles. The summed E-state index contributed by atoms with van der Waals surface area (Å²) in [5.74, 6) is 2.89. The van der Waals surface area contributed by atoms with E-state index in [1.165, 1.54) is 37.9 Å². The van der Waals surface area contributed by atoms with Gasteiger partial charge in [0.1, 0.15) is 0 Å². The van der Waals surface area contributed by atoms with Crippen LogP contribution in [0.4, 0.5) is 0 Å². The summed E-state index contributed by atoms with van der Waals surface area (Å²) in [5.41, 5.74) is 1.52. The third kappa shape index (κ3) is 1.81. The first kappa shape index (κ1) is 9.41. The van der Waals surface area contributed by atoms with Gasteiger partial charge >= 0.3 is 0 Å². The normalized spacial score (nSPS) is 34.3. The molecule has 1 heterocycles. The molecule has 2 fully saturated rings. The van der Waals surface area contributed by atoms with Crippen molar-refractivity contribution < 1.29 is 0 Å². The van der Waals surface area contributed by atoms with Gasteiger partial charge in [-0.2, -0.15) is 0 Å². The van der Waals surface area contributed by atoms with E-state index >= 15 is 0 Å². The molecule has 0 radical (unpaired) electrons. The highest BCUT2D eigenvalue weighted by Crippen LogP contribution is 2.40. The molecule has 1 aromatic carbocycles. The largest absolute Gasteiger partial charge is 0.316 e. The highest BCUT2D eigenvalue weighted by atomic mass is 14.9. The van der Waals surface area contributed by atoms with Crippen LogP contribution >= 0.6 is 0 Å². The van der Waals surface area contributed by atoms with Crippen LogP contribution in [0, 0.1) is 17.8 Å². The third-order valence-corrected chi connectivity index (χ3v) is 4.25. The van der Waals surface area contributed by atoms with E-state index in [1.54, 1.807) is 0 Å². The monoisotopic (exact) mass is 201 g/mol. The van der Waals surface area contributed by atoms with Crippen LogP contribution in [0.15, 0.2) is 30.3 Å². The van der Waals surface area contributed by atoms with Crippen LogP contribution in [0.3, 0.4) is 0 Å². The number of hydrogen-bond donors (Lipinski definition) is 1. The molecule has 0 aromatic heterocycles. The van der Waals surface area contributed by atoms with Crippen LogP contribution in [-0.2, 0) is 6.42 Å². The molecule has 0 unspecified atom stereocenters. The van der Waals surface area contributed by atoms with E-state index in [4.69, 9.17) is 0 Å². The van der Waals surface area contributed by atoms with Gasteiger partial charge in [-0.1, -0.05) is 30.3 Å². The molecular weight excluding hydrogens is 182 g/mol. The Morgan fingerprint density at radius 3 is 2.80 bits per heavy atom. The first-order chi connectivity index (χ1) is 7.43. The lowest BCUT2D eigenvalue weighted by Gasteiger charge is -2.17. The summed E-state index contributed by atoms with van der Waals surface area (Å²) in [7, 11) is 0. The fourth-order valence-corrected chi connectivity index (χ4v) is 3.43. The molecule has 2 aliphatic rings. The molecule has 1 saturated heterocycles. The van der Waals surface area contributed by atoms with Crippen LogP contribution in [-0.4, -0.2) is 13.1 Å². The van der Waals surface area contributed by atoms with E-state index in [9.17, 15) is 0 Å². The van der Waals surface area contributed by atoms with E-state index in [0.29, 0.717) is 0 Å². The lowest BCUT2D eigenvalue weighted by Crippen LogP contribution is -2.17. The molecule has 0 bridgehead atoms. The van der Waals surface area contributed by atoms with Crippen LogP contribution in [0.2, 0.25) is 0 Å². The predicted octanol–water partition coefficient (Wildman–Crippen LogP) is 2.47. The zero-order valence-electron chi connectivity index (χ0n) is 9.15. The van der Waals surface area contributed by atoms with Crippen LogP contribution in [0.25, 0.3) is 0 Å². The quantitative estimate of drug-likeness (QED) is 0.775. The minimum Gasteiger partial charge on any atom is -0.316 e. The first-order valence-corrected chi connectivity index (χ1v) is 6.18. The molecule has 1 nitrogen and oxygen atoms in total. The van der Waals surface area contributed by atoms with E-state index in [1.807, 2.05) is 0 Å². The van der Waals surface area contributed by atoms with Crippen LogP contribution in [0.5, 0.6) is 0 Å². The van der Waals surface area contributed by atoms with Gasteiger partial charge in [0.25, 0.3) is 0 Å². The summed E-state index contributed by atoms with van der Waals surface area (Å²) in [6.07, 6.45) is 4.20. The van der Waals surface area contributed by atoms with Crippen LogP contribution in [0.1, 0.15) is 18.4 Å². The van der Waals surface area contributed by atoms with E-state index in [-0.39, 0.29) is 0 Å². The Kier molecular flexibility index (Phi) is 2.49. The van der Waals surface area contributed by atoms with Gasteiger partial charge in [-0.15, -0.1) is 0 Å². The molecule has 3 atom stereocenters. The minimum absolute atomic E-state index is 0.937. The number of fused-ring (bicyclic) bond motifs is 1. The number of hydrogen-bond acceptors (Lipinski definition) is 1. The molecule has 80 valence electrons. The molecule has 0 spiro atoms. The maximum atomic E-state index is 3.54. The number of rotatable bonds is 2. The third-order valence-electron chi connectivity index (χ3n) is 4.25. The van der Waals surface area contributed by atoms with E-state index in [0.717, 1.165) is 17.8 Å². The van der Waals surface area contributed by atoms with Crippen molar-refractivity contribution in [1.82, 2.24) is 5.32 Å². The molecular formula is C14H19N. The Labute approximate surface area is 91.9 Å². The lowest BCUT2D eigenvalue weighted by molar-refractivity contribution is 0.374. The molecule has 3 rings (SSSR count). The fraction of sp³-hybridized carbons (Fsp3) is 0.571. The van der Waals surface area contributed by atoms with Crippen LogP contribution < -0.4 is 5.32 Å². The molecule has 1 N–H and O–H groups in total. The molecule has 15 heavy (non-hydrogen) atoms. The average Bonchev–Trinajstić information content (AvgIpc) is 2.85. The summed E-state index contributed by atoms with van der Waals surface area (Å²) in [5, 5.41) is 3.54. The average molecular weight is 201 g/mol. The van der Waals surface area contributed by atoms with Crippen molar-refractivity contribution in [3.63, 3.8) is 0 Å². The van der Waals surface area contributed by atoms with Gasteiger partial charge in [-0.05, 0) is 55.7 Å².